The summed E-state index contributed by atoms with van der Waals surface area (Å²) in [5.74, 6) is 0.511. The van der Waals surface area contributed by atoms with Gasteiger partial charge in [0.1, 0.15) is 17.2 Å². The second-order valence-corrected chi connectivity index (χ2v) is 7.82. The Morgan fingerprint density at radius 1 is 0.857 bits per heavy atom. The number of carbonyl (C=O) groups excluding carboxylic acids is 2. The van der Waals surface area contributed by atoms with Crippen molar-refractivity contribution in [2.45, 2.75) is 12.5 Å². The first-order valence-corrected chi connectivity index (χ1v) is 11.0. The average molecular weight is 475 g/mol. The van der Waals surface area contributed by atoms with Gasteiger partial charge in [0.05, 0.1) is 38.6 Å². The predicted octanol–water partition coefficient (Wildman–Crippen LogP) is 4.25. The smallest absolute Gasteiger partial charge is 0.338 e. The lowest BCUT2D eigenvalue weighted by atomic mass is 9.98. The van der Waals surface area contributed by atoms with Crippen molar-refractivity contribution in [2.75, 3.05) is 27.9 Å². The molecule has 35 heavy (non-hydrogen) atoms. The Labute approximate surface area is 203 Å². The van der Waals surface area contributed by atoms with Crippen LogP contribution in [-0.2, 0) is 9.53 Å². The standard InChI is InChI=1S/C27H26N2O6/c1-32-21-11-9-19(10-12-21)25-16-24(18-7-5-4-6-8-18)28-29(25)26(30)17-35-27(31)20-13-22(33-2)15-23(14-20)34-3/h4-15,25H,16-17H2,1-3H3. The summed E-state index contributed by atoms with van der Waals surface area (Å²) in [6.07, 6.45) is 0.531. The molecule has 0 spiro atoms. The van der Waals surface area contributed by atoms with E-state index in [-0.39, 0.29) is 11.6 Å². The molecule has 8 heteroatoms. The first-order valence-electron chi connectivity index (χ1n) is 11.0. The normalized spacial score (nSPS) is 14.8. The number of hydrazone groups is 1. The van der Waals surface area contributed by atoms with Gasteiger partial charge in [-0.1, -0.05) is 42.5 Å². The third-order valence-electron chi connectivity index (χ3n) is 5.69. The first kappa shape index (κ1) is 23.8. The van der Waals surface area contributed by atoms with Gasteiger partial charge in [-0.25, -0.2) is 9.80 Å². The number of rotatable bonds is 8. The summed E-state index contributed by atoms with van der Waals surface area (Å²) in [6, 6.07) is 21.5. The molecule has 0 aromatic heterocycles. The van der Waals surface area contributed by atoms with Crippen LogP contribution < -0.4 is 14.2 Å². The van der Waals surface area contributed by atoms with Crippen LogP contribution in [0.15, 0.2) is 77.9 Å². The quantitative estimate of drug-likeness (QED) is 0.454. The fourth-order valence-electron chi connectivity index (χ4n) is 3.83. The molecule has 3 aromatic carbocycles. The Morgan fingerprint density at radius 2 is 1.49 bits per heavy atom. The first-order chi connectivity index (χ1) is 17.0. The minimum absolute atomic E-state index is 0.218. The number of ether oxygens (including phenoxy) is 4. The Balaban J connectivity index is 1.53. The van der Waals surface area contributed by atoms with Crippen LogP contribution in [0, 0.1) is 0 Å². The van der Waals surface area contributed by atoms with Gasteiger partial charge in [-0.2, -0.15) is 5.10 Å². The van der Waals surface area contributed by atoms with Crippen molar-refractivity contribution in [3.63, 3.8) is 0 Å². The van der Waals surface area contributed by atoms with Crippen LogP contribution in [0.3, 0.4) is 0 Å². The molecular formula is C27H26N2O6. The molecule has 1 atom stereocenters. The summed E-state index contributed by atoms with van der Waals surface area (Å²) in [7, 11) is 4.58. The van der Waals surface area contributed by atoms with E-state index in [1.165, 1.54) is 31.4 Å². The van der Waals surface area contributed by atoms with E-state index in [0.717, 1.165) is 22.6 Å². The van der Waals surface area contributed by atoms with Crippen molar-refractivity contribution in [1.82, 2.24) is 5.01 Å². The lowest BCUT2D eigenvalue weighted by Crippen LogP contribution is -2.31. The number of amides is 1. The third kappa shape index (κ3) is 5.43. The summed E-state index contributed by atoms with van der Waals surface area (Å²) in [5.41, 5.74) is 2.83. The maximum absolute atomic E-state index is 13.2. The van der Waals surface area contributed by atoms with E-state index in [1.807, 2.05) is 54.6 Å². The molecule has 0 N–H and O–H groups in total. The molecule has 4 rings (SSSR count). The molecule has 0 bridgehead atoms. The van der Waals surface area contributed by atoms with Gasteiger partial charge >= 0.3 is 5.97 Å². The summed E-state index contributed by atoms with van der Waals surface area (Å²) in [5, 5.41) is 5.99. The second kappa shape index (κ2) is 10.7. The lowest BCUT2D eigenvalue weighted by molar-refractivity contribution is -0.136. The van der Waals surface area contributed by atoms with Crippen LogP contribution in [0.1, 0.15) is 33.9 Å². The van der Waals surface area contributed by atoms with Crippen molar-refractivity contribution >= 4 is 17.6 Å². The highest BCUT2D eigenvalue weighted by Gasteiger charge is 2.33. The van der Waals surface area contributed by atoms with Gasteiger partial charge in [0.15, 0.2) is 6.61 Å². The van der Waals surface area contributed by atoms with Crippen molar-refractivity contribution in [1.29, 1.82) is 0 Å². The van der Waals surface area contributed by atoms with Crippen LogP contribution in [0.25, 0.3) is 0 Å². The zero-order valence-electron chi connectivity index (χ0n) is 19.8. The molecule has 1 aliphatic heterocycles. The predicted molar refractivity (Wildman–Crippen MR) is 130 cm³/mol. The van der Waals surface area contributed by atoms with Crippen molar-refractivity contribution in [3.05, 3.63) is 89.5 Å². The highest BCUT2D eigenvalue weighted by molar-refractivity contribution is 6.03. The fourth-order valence-corrected chi connectivity index (χ4v) is 3.83. The summed E-state index contributed by atoms with van der Waals surface area (Å²) < 4.78 is 21.0. The van der Waals surface area contributed by atoms with Crippen LogP contribution >= 0.6 is 0 Å². The van der Waals surface area contributed by atoms with Crippen LogP contribution in [0.4, 0.5) is 0 Å². The van der Waals surface area contributed by atoms with Gasteiger partial charge < -0.3 is 18.9 Å². The maximum Gasteiger partial charge on any atom is 0.338 e. The number of esters is 1. The SMILES string of the molecule is COc1ccc(C2CC(c3ccccc3)=NN2C(=O)COC(=O)c2cc(OC)cc(OC)c2)cc1. The topological polar surface area (TPSA) is 86.7 Å². The van der Waals surface area contributed by atoms with Gasteiger partial charge in [0, 0.05) is 12.5 Å². The van der Waals surface area contributed by atoms with E-state index in [2.05, 4.69) is 5.10 Å². The highest BCUT2D eigenvalue weighted by atomic mass is 16.5. The van der Waals surface area contributed by atoms with Crippen LogP contribution in [0.2, 0.25) is 0 Å². The Hall–Kier alpha value is -4.33. The molecule has 180 valence electrons. The van der Waals surface area contributed by atoms with E-state index < -0.39 is 18.5 Å². The van der Waals surface area contributed by atoms with E-state index in [9.17, 15) is 9.59 Å². The third-order valence-corrected chi connectivity index (χ3v) is 5.69. The molecule has 0 fully saturated rings. The molecule has 1 heterocycles. The summed E-state index contributed by atoms with van der Waals surface area (Å²) in [6.45, 7) is -0.462. The zero-order valence-corrected chi connectivity index (χ0v) is 19.8. The number of hydrogen-bond acceptors (Lipinski definition) is 7. The van der Waals surface area contributed by atoms with Gasteiger partial charge in [-0.15, -0.1) is 0 Å². The van der Waals surface area contributed by atoms with Crippen molar-refractivity contribution in [3.8, 4) is 17.2 Å². The van der Waals surface area contributed by atoms with Crippen LogP contribution in [0.5, 0.6) is 17.2 Å². The minimum Gasteiger partial charge on any atom is -0.497 e. The Morgan fingerprint density at radius 3 is 2.09 bits per heavy atom. The van der Waals surface area contributed by atoms with E-state index in [1.54, 1.807) is 13.2 Å². The van der Waals surface area contributed by atoms with Gasteiger partial charge in [0.25, 0.3) is 5.91 Å². The van der Waals surface area contributed by atoms with Crippen LogP contribution in [-0.4, -0.2) is 50.5 Å². The lowest BCUT2D eigenvalue weighted by Gasteiger charge is -2.22. The molecule has 0 saturated carbocycles. The fraction of sp³-hybridized carbons (Fsp3) is 0.222. The number of nitrogens with zero attached hydrogens (tertiary/aromatic N) is 2. The number of benzene rings is 3. The van der Waals surface area contributed by atoms with E-state index >= 15 is 0 Å². The largest absolute Gasteiger partial charge is 0.497 e. The molecule has 1 unspecified atom stereocenters. The van der Waals surface area contributed by atoms with Gasteiger partial charge in [0.2, 0.25) is 0 Å². The van der Waals surface area contributed by atoms with Gasteiger partial charge in [-0.05, 0) is 35.4 Å². The molecule has 0 radical (unpaired) electrons. The molecular weight excluding hydrogens is 448 g/mol. The summed E-state index contributed by atoms with van der Waals surface area (Å²) >= 11 is 0. The monoisotopic (exact) mass is 474 g/mol. The minimum atomic E-state index is -0.664. The molecule has 8 nitrogen and oxygen atoms in total. The average Bonchev–Trinajstić information content (AvgIpc) is 3.37. The molecule has 1 aliphatic rings. The summed E-state index contributed by atoms with van der Waals surface area (Å²) in [4.78, 5) is 25.8. The molecule has 1 amide bonds. The van der Waals surface area contributed by atoms with E-state index in [0.29, 0.717) is 17.9 Å². The Kier molecular flexibility index (Phi) is 7.30. The second-order valence-electron chi connectivity index (χ2n) is 7.82. The van der Waals surface area contributed by atoms with Crippen molar-refractivity contribution < 1.29 is 28.5 Å². The number of methoxy groups -OCH3 is 3. The highest BCUT2D eigenvalue weighted by Crippen LogP contribution is 2.33. The van der Waals surface area contributed by atoms with Gasteiger partial charge in [-0.3, -0.25) is 4.79 Å². The number of carbonyl (C=O) groups is 2. The molecule has 3 aromatic rings. The zero-order chi connectivity index (χ0) is 24.8. The maximum atomic E-state index is 13.2. The molecule has 0 saturated heterocycles. The van der Waals surface area contributed by atoms with Crippen molar-refractivity contribution in [2.24, 2.45) is 5.10 Å². The number of hydrogen-bond donors (Lipinski definition) is 0. The Bertz CT molecular complexity index is 1200. The van der Waals surface area contributed by atoms with E-state index in [4.69, 9.17) is 18.9 Å². The molecule has 0 aliphatic carbocycles.